The quantitative estimate of drug-likeness (QED) is 0.789. The summed E-state index contributed by atoms with van der Waals surface area (Å²) in [5.74, 6) is 0.789. The fourth-order valence-electron chi connectivity index (χ4n) is 1.55. The topological polar surface area (TPSA) is 22.1 Å². The van der Waals surface area contributed by atoms with Gasteiger partial charge in [0, 0.05) is 16.8 Å². The predicted octanol–water partition coefficient (Wildman–Crippen LogP) is 3.72. The molecule has 1 heterocycles. The van der Waals surface area contributed by atoms with Crippen LogP contribution < -0.4 is 4.74 Å². The summed E-state index contributed by atoms with van der Waals surface area (Å²) in [6.45, 7) is 1.92. The Labute approximate surface area is 99.9 Å². The molecule has 0 saturated heterocycles. The average Bonchev–Trinajstić information content (AvgIpc) is 2.29. The van der Waals surface area contributed by atoms with E-state index in [2.05, 4.69) is 4.98 Å². The van der Waals surface area contributed by atoms with E-state index in [0.717, 1.165) is 27.6 Å². The van der Waals surface area contributed by atoms with Crippen molar-refractivity contribution in [2.45, 2.75) is 6.92 Å². The first-order chi connectivity index (χ1) is 7.70. The molecule has 0 aliphatic heterocycles. The first-order valence-electron chi connectivity index (χ1n) is 4.97. The summed E-state index contributed by atoms with van der Waals surface area (Å²) in [4.78, 5) is 4.29. The predicted molar refractivity (Wildman–Crippen MR) is 66.0 cm³/mol. The van der Waals surface area contributed by atoms with Gasteiger partial charge in [-0.1, -0.05) is 23.7 Å². The zero-order valence-electron chi connectivity index (χ0n) is 9.20. The van der Waals surface area contributed by atoms with E-state index < -0.39 is 0 Å². The van der Waals surface area contributed by atoms with Gasteiger partial charge in [-0.05, 0) is 30.7 Å². The van der Waals surface area contributed by atoms with Crippen LogP contribution in [0.4, 0.5) is 0 Å². The maximum atomic E-state index is 5.95. The molecule has 1 aromatic heterocycles. The molecule has 0 atom stereocenters. The van der Waals surface area contributed by atoms with Gasteiger partial charge in [-0.2, -0.15) is 0 Å². The van der Waals surface area contributed by atoms with Crippen LogP contribution in [0.5, 0.6) is 5.75 Å². The van der Waals surface area contributed by atoms with E-state index in [9.17, 15) is 0 Å². The van der Waals surface area contributed by atoms with Crippen LogP contribution in [0, 0.1) is 6.92 Å². The number of aryl methyl sites for hydroxylation is 1. The number of halogens is 1. The average molecular weight is 234 g/mol. The summed E-state index contributed by atoms with van der Waals surface area (Å²) in [6.07, 6.45) is 1.82. The Bertz CT molecular complexity index is 511. The first-order valence-corrected chi connectivity index (χ1v) is 5.35. The van der Waals surface area contributed by atoms with Gasteiger partial charge in [0.05, 0.1) is 12.8 Å². The molecule has 0 aliphatic rings. The van der Waals surface area contributed by atoms with Crippen molar-refractivity contribution in [3.05, 3.63) is 47.2 Å². The highest BCUT2D eigenvalue weighted by Gasteiger charge is 2.04. The van der Waals surface area contributed by atoms with Crippen molar-refractivity contribution < 1.29 is 4.74 Å². The molecule has 2 rings (SSSR count). The smallest absolute Gasteiger partial charge is 0.140 e. The summed E-state index contributed by atoms with van der Waals surface area (Å²) in [5.41, 5.74) is 2.93. The Balaban J connectivity index is 2.48. The van der Waals surface area contributed by atoms with E-state index >= 15 is 0 Å². The highest BCUT2D eigenvalue weighted by molar-refractivity contribution is 6.30. The SMILES string of the molecule is COc1cc(-c2cccc(Cl)c2)cnc1C. The number of hydrogen-bond acceptors (Lipinski definition) is 2. The lowest BCUT2D eigenvalue weighted by Gasteiger charge is -2.07. The lowest BCUT2D eigenvalue weighted by atomic mass is 10.1. The molecule has 2 nitrogen and oxygen atoms in total. The van der Waals surface area contributed by atoms with Gasteiger partial charge in [0.1, 0.15) is 5.75 Å². The zero-order chi connectivity index (χ0) is 11.5. The Morgan fingerprint density at radius 3 is 2.69 bits per heavy atom. The van der Waals surface area contributed by atoms with Gasteiger partial charge in [0.25, 0.3) is 0 Å². The number of nitrogens with zero attached hydrogens (tertiary/aromatic N) is 1. The Morgan fingerprint density at radius 2 is 2.00 bits per heavy atom. The van der Waals surface area contributed by atoms with Crippen LogP contribution in [-0.4, -0.2) is 12.1 Å². The fourth-order valence-corrected chi connectivity index (χ4v) is 1.74. The van der Waals surface area contributed by atoms with Gasteiger partial charge < -0.3 is 4.74 Å². The second-order valence-corrected chi connectivity index (χ2v) is 3.96. The van der Waals surface area contributed by atoms with Gasteiger partial charge in [-0.3, -0.25) is 4.98 Å². The normalized spacial score (nSPS) is 10.2. The van der Waals surface area contributed by atoms with Crippen LogP contribution in [0.1, 0.15) is 5.69 Å². The molecule has 1 aromatic carbocycles. The lowest BCUT2D eigenvalue weighted by molar-refractivity contribution is 0.409. The van der Waals surface area contributed by atoms with E-state index in [1.165, 1.54) is 0 Å². The number of aromatic nitrogens is 1. The summed E-state index contributed by atoms with van der Waals surface area (Å²) in [5, 5.41) is 0.719. The molecule has 0 amide bonds. The van der Waals surface area contributed by atoms with Crippen LogP contribution >= 0.6 is 11.6 Å². The zero-order valence-corrected chi connectivity index (χ0v) is 9.95. The van der Waals surface area contributed by atoms with Gasteiger partial charge in [-0.25, -0.2) is 0 Å². The van der Waals surface area contributed by atoms with Gasteiger partial charge in [0.15, 0.2) is 0 Å². The van der Waals surface area contributed by atoms with E-state index in [1.807, 2.05) is 43.5 Å². The summed E-state index contributed by atoms with van der Waals surface area (Å²) >= 11 is 5.95. The number of ether oxygens (including phenoxy) is 1. The molecule has 0 bridgehead atoms. The fraction of sp³-hybridized carbons (Fsp3) is 0.154. The molecule has 0 aliphatic carbocycles. The number of benzene rings is 1. The van der Waals surface area contributed by atoms with Crippen LogP contribution in [0.15, 0.2) is 36.5 Å². The minimum absolute atomic E-state index is 0.719. The monoisotopic (exact) mass is 233 g/mol. The molecule has 2 aromatic rings. The van der Waals surface area contributed by atoms with Gasteiger partial charge >= 0.3 is 0 Å². The standard InChI is InChI=1S/C13H12ClNO/c1-9-13(16-2)7-11(8-15-9)10-4-3-5-12(14)6-10/h3-8H,1-2H3. The maximum absolute atomic E-state index is 5.95. The summed E-state index contributed by atoms with van der Waals surface area (Å²) in [7, 11) is 1.64. The minimum atomic E-state index is 0.719. The molecule has 16 heavy (non-hydrogen) atoms. The molecule has 0 N–H and O–H groups in total. The molecule has 0 fully saturated rings. The molecular formula is C13H12ClNO. The summed E-state index contributed by atoms with van der Waals surface area (Å²) < 4.78 is 5.24. The van der Waals surface area contributed by atoms with E-state index in [1.54, 1.807) is 7.11 Å². The largest absolute Gasteiger partial charge is 0.495 e. The third-order valence-electron chi connectivity index (χ3n) is 2.42. The number of methoxy groups -OCH3 is 1. The molecule has 82 valence electrons. The van der Waals surface area contributed by atoms with E-state index in [4.69, 9.17) is 16.3 Å². The second-order valence-electron chi connectivity index (χ2n) is 3.52. The minimum Gasteiger partial charge on any atom is -0.495 e. The molecule has 0 saturated carbocycles. The third-order valence-corrected chi connectivity index (χ3v) is 2.65. The van der Waals surface area contributed by atoms with Gasteiger partial charge in [-0.15, -0.1) is 0 Å². The van der Waals surface area contributed by atoms with Crippen molar-refractivity contribution in [3.8, 4) is 16.9 Å². The van der Waals surface area contributed by atoms with Crippen molar-refractivity contribution in [1.29, 1.82) is 0 Å². The van der Waals surface area contributed by atoms with E-state index in [0.29, 0.717) is 0 Å². The molecule has 0 unspecified atom stereocenters. The molecular weight excluding hydrogens is 222 g/mol. The van der Waals surface area contributed by atoms with Crippen LogP contribution in [0.2, 0.25) is 5.02 Å². The Kier molecular flexibility index (Phi) is 3.11. The maximum Gasteiger partial charge on any atom is 0.140 e. The lowest BCUT2D eigenvalue weighted by Crippen LogP contribution is -1.91. The highest BCUT2D eigenvalue weighted by Crippen LogP contribution is 2.26. The van der Waals surface area contributed by atoms with Crippen molar-refractivity contribution in [1.82, 2.24) is 4.98 Å². The third kappa shape index (κ3) is 2.17. The van der Waals surface area contributed by atoms with Crippen LogP contribution in [0.3, 0.4) is 0 Å². The van der Waals surface area contributed by atoms with Crippen molar-refractivity contribution in [2.24, 2.45) is 0 Å². The summed E-state index contributed by atoms with van der Waals surface area (Å²) in [6, 6.07) is 9.65. The van der Waals surface area contributed by atoms with Crippen molar-refractivity contribution >= 4 is 11.6 Å². The van der Waals surface area contributed by atoms with Crippen molar-refractivity contribution in [3.63, 3.8) is 0 Å². The molecule has 0 spiro atoms. The number of hydrogen-bond donors (Lipinski definition) is 0. The van der Waals surface area contributed by atoms with Crippen molar-refractivity contribution in [2.75, 3.05) is 7.11 Å². The molecule has 0 radical (unpaired) electrons. The second kappa shape index (κ2) is 4.54. The molecule has 3 heteroatoms. The van der Waals surface area contributed by atoms with E-state index in [-0.39, 0.29) is 0 Å². The highest BCUT2D eigenvalue weighted by atomic mass is 35.5. The number of pyridine rings is 1. The first kappa shape index (κ1) is 11.0. The Hall–Kier alpha value is -1.54. The Morgan fingerprint density at radius 1 is 1.19 bits per heavy atom. The van der Waals surface area contributed by atoms with Crippen LogP contribution in [-0.2, 0) is 0 Å². The number of rotatable bonds is 2. The van der Waals surface area contributed by atoms with Gasteiger partial charge in [0.2, 0.25) is 0 Å². The van der Waals surface area contributed by atoms with Crippen LogP contribution in [0.25, 0.3) is 11.1 Å².